The van der Waals surface area contributed by atoms with E-state index in [1.807, 2.05) is 0 Å². The van der Waals surface area contributed by atoms with Crippen molar-refractivity contribution < 1.29 is 66.2 Å². The number of azide groups is 1. The molecule has 322 valence electrons. The van der Waals surface area contributed by atoms with E-state index in [1.165, 1.54) is 60.7 Å². The number of H-pyrrole nitrogens is 1. The van der Waals surface area contributed by atoms with Gasteiger partial charge in [-0.2, -0.15) is 13.5 Å². The van der Waals surface area contributed by atoms with Crippen molar-refractivity contribution in [1.82, 2.24) is 9.78 Å². The van der Waals surface area contributed by atoms with Crippen LogP contribution in [0.1, 0.15) is 16.8 Å². The minimum atomic E-state index is -4.44. The molecule has 2 N–H and O–H groups in total. The molecule has 0 fully saturated rings. The fourth-order valence-corrected chi connectivity index (χ4v) is 5.11. The highest BCUT2D eigenvalue weighted by Crippen LogP contribution is 2.30. The standard InChI is InChI=1S/C35H40N8O16S/c36-41-37-14-1-15-51-17-20-54-56-22-24-58-59-25-23-57-55-21-18-52-16-19-53-35(45)27-4-8-29(9-5-27)42-34(44)33(32(40-42)26-2-10-30(11-3-26)43(46)47)39-38-28-6-12-31(13-7-28)60(48,49)50/h2-13,40H,1,14-25H2,(H,48,49,50). The van der Waals surface area contributed by atoms with Gasteiger partial charge in [0.1, 0.15) is 46.2 Å². The molecule has 0 aliphatic carbocycles. The Bertz CT molecular complexity index is 2190. The molecule has 1 heterocycles. The first-order valence-electron chi connectivity index (χ1n) is 17.8. The Hall–Kier alpha value is -5.96. The number of azo groups is 1. The second-order valence-electron chi connectivity index (χ2n) is 11.6. The molecule has 0 spiro atoms. The van der Waals surface area contributed by atoms with Gasteiger partial charge in [-0.1, -0.05) is 5.11 Å². The number of esters is 1. The van der Waals surface area contributed by atoms with Gasteiger partial charge in [0.15, 0.2) is 5.69 Å². The van der Waals surface area contributed by atoms with E-state index in [1.54, 1.807) is 0 Å². The number of nitro groups is 1. The van der Waals surface area contributed by atoms with Crippen LogP contribution >= 0.6 is 0 Å². The summed E-state index contributed by atoms with van der Waals surface area (Å²) in [7, 11) is -4.44. The number of aromatic nitrogens is 2. The van der Waals surface area contributed by atoms with E-state index >= 15 is 0 Å². The molecule has 1 aromatic heterocycles. The number of hydrogen-bond donors (Lipinski definition) is 2. The van der Waals surface area contributed by atoms with Gasteiger partial charge in [-0.3, -0.25) is 24.6 Å². The molecule has 4 aromatic rings. The molecule has 24 nitrogen and oxygen atoms in total. The van der Waals surface area contributed by atoms with Crippen LogP contribution in [0.4, 0.5) is 17.1 Å². The van der Waals surface area contributed by atoms with Crippen molar-refractivity contribution in [2.45, 2.75) is 11.3 Å². The predicted octanol–water partition coefficient (Wildman–Crippen LogP) is 5.14. The highest BCUT2D eigenvalue weighted by Gasteiger charge is 2.19. The average molecular weight is 861 g/mol. The summed E-state index contributed by atoms with van der Waals surface area (Å²) in [6.07, 6.45) is 0.623. The van der Waals surface area contributed by atoms with Gasteiger partial charge in [-0.15, -0.1) is 5.11 Å². The third-order valence-corrected chi connectivity index (χ3v) is 8.30. The third kappa shape index (κ3) is 16.0. The van der Waals surface area contributed by atoms with Gasteiger partial charge < -0.3 is 14.2 Å². The zero-order chi connectivity index (χ0) is 43.0. The summed E-state index contributed by atoms with van der Waals surface area (Å²) in [6.45, 7) is 2.05. The summed E-state index contributed by atoms with van der Waals surface area (Å²) in [5.41, 5.74) is 8.33. The van der Waals surface area contributed by atoms with Crippen LogP contribution < -0.4 is 5.56 Å². The SMILES string of the molecule is [N-]=[N+]=NCCCOCCOOCCOOCCOOCCOCCOC(=O)c1ccc(-n2[nH]c(-c3ccc([N+](=O)[O-])cc3)c(N=Nc3ccc(S(=O)(=O)O)cc3)c2=O)cc1. The van der Waals surface area contributed by atoms with Crippen molar-refractivity contribution in [2.75, 3.05) is 79.2 Å². The summed E-state index contributed by atoms with van der Waals surface area (Å²) in [5, 5.41) is 25.6. The monoisotopic (exact) mass is 860 g/mol. The average Bonchev–Trinajstić information content (AvgIpc) is 3.58. The molecule has 25 heteroatoms. The van der Waals surface area contributed by atoms with Gasteiger partial charge in [-0.05, 0) is 72.6 Å². The quantitative estimate of drug-likeness (QED) is 0.00822. The lowest BCUT2D eigenvalue weighted by molar-refractivity contribution is -0.384. The van der Waals surface area contributed by atoms with Gasteiger partial charge in [0, 0.05) is 35.8 Å². The molecule has 0 radical (unpaired) electrons. The Morgan fingerprint density at radius 3 is 1.87 bits per heavy atom. The maximum absolute atomic E-state index is 13.6. The van der Waals surface area contributed by atoms with Crippen LogP contribution in [0.15, 0.2) is 97.8 Å². The lowest BCUT2D eigenvalue weighted by atomic mass is 10.1. The fourth-order valence-electron chi connectivity index (χ4n) is 4.63. The second-order valence-corrected chi connectivity index (χ2v) is 13.0. The zero-order valence-corrected chi connectivity index (χ0v) is 32.5. The molecular formula is C35H40N8O16S. The Morgan fingerprint density at radius 2 is 1.32 bits per heavy atom. The molecule has 0 aliphatic rings. The van der Waals surface area contributed by atoms with E-state index < -0.39 is 26.6 Å². The lowest BCUT2D eigenvalue weighted by Gasteiger charge is -2.08. The van der Waals surface area contributed by atoms with Crippen LogP contribution in [0.3, 0.4) is 0 Å². The molecule has 3 aromatic carbocycles. The first-order valence-corrected chi connectivity index (χ1v) is 19.3. The van der Waals surface area contributed by atoms with Crippen LogP contribution in [-0.4, -0.2) is 113 Å². The maximum atomic E-state index is 13.6. The van der Waals surface area contributed by atoms with E-state index in [9.17, 15) is 32.7 Å². The Balaban J connectivity index is 1.15. The molecule has 0 amide bonds. The van der Waals surface area contributed by atoms with Crippen LogP contribution in [0.2, 0.25) is 0 Å². The van der Waals surface area contributed by atoms with Gasteiger partial charge in [-0.25, -0.2) is 38.8 Å². The largest absolute Gasteiger partial charge is 0.460 e. The number of ether oxygens (including phenoxy) is 3. The van der Waals surface area contributed by atoms with Crippen molar-refractivity contribution in [3.8, 4) is 16.9 Å². The van der Waals surface area contributed by atoms with Crippen LogP contribution in [0.25, 0.3) is 27.4 Å². The molecule has 0 bridgehead atoms. The van der Waals surface area contributed by atoms with Crippen LogP contribution in [0.5, 0.6) is 0 Å². The number of nitro benzene ring substituents is 1. The first kappa shape index (κ1) is 46.7. The third-order valence-electron chi connectivity index (χ3n) is 7.44. The number of non-ortho nitro benzene ring substituents is 1. The number of carbonyl (C=O) groups excluding carboxylic acids is 1. The fraction of sp³-hybridized carbons (Fsp3) is 0.371. The van der Waals surface area contributed by atoms with Crippen LogP contribution in [-0.2, 0) is 53.7 Å². The summed E-state index contributed by atoms with van der Waals surface area (Å²) in [5.74, 6) is -0.646. The van der Waals surface area contributed by atoms with Gasteiger partial charge in [0.25, 0.3) is 21.4 Å². The first-order chi connectivity index (χ1) is 29.1. The van der Waals surface area contributed by atoms with Gasteiger partial charge in [0.05, 0.1) is 52.3 Å². The number of nitrogens with zero attached hydrogens (tertiary/aromatic N) is 7. The normalized spacial score (nSPS) is 11.5. The van der Waals surface area contributed by atoms with Crippen molar-refractivity contribution in [3.63, 3.8) is 0 Å². The highest BCUT2D eigenvalue weighted by molar-refractivity contribution is 7.85. The van der Waals surface area contributed by atoms with Crippen molar-refractivity contribution in [3.05, 3.63) is 109 Å². The van der Waals surface area contributed by atoms with Crippen molar-refractivity contribution >= 4 is 33.1 Å². The summed E-state index contributed by atoms with van der Waals surface area (Å²) in [6, 6.07) is 16.0. The minimum Gasteiger partial charge on any atom is -0.460 e. The second kappa shape index (κ2) is 25.5. The summed E-state index contributed by atoms with van der Waals surface area (Å²) >= 11 is 0. The van der Waals surface area contributed by atoms with E-state index in [4.69, 9.17) is 49.1 Å². The van der Waals surface area contributed by atoms with Crippen molar-refractivity contribution in [2.24, 2.45) is 15.3 Å². The molecule has 0 saturated heterocycles. The highest BCUT2D eigenvalue weighted by atomic mass is 32.2. The predicted molar refractivity (Wildman–Crippen MR) is 205 cm³/mol. The van der Waals surface area contributed by atoms with E-state index in [2.05, 4.69) is 25.4 Å². The number of nitrogens with one attached hydrogen (secondary N) is 1. The number of rotatable bonds is 29. The molecule has 0 aliphatic heterocycles. The number of aromatic amines is 1. The smallest absolute Gasteiger partial charge is 0.338 e. The minimum absolute atomic E-state index is 0.0586. The van der Waals surface area contributed by atoms with E-state index in [0.29, 0.717) is 37.4 Å². The molecule has 0 atom stereocenters. The maximum Gasteiger partial charge on any atom is 0.338 e. The van der Waals surface area contributed by atoms with E-state index in [-0.39, 0.29) is 92.7 Å². The Labute approximate surface area is 340 Å². The molecular weight excluding hydrogens is 820 g/mol. The Morgan fingerprint density at radius 1 is 0.767 bits per heavy atom. The van der Waals surface area contributed by atoms with Gasteiger partial charge >= 0.3 is 5.97 Å². The zero-order valence-electron chi connectivity index (χ0n) is 31.7. The van der Waals surface area contributed by atoms with E-state index in [0.717, 1.165) is 16.8 Å². The van der Waals surface area contributed by atoms with Crippen LogP contribution in [0, 0.1) is 10.1 Å². The topological polar surface area (TPSA) is 309 Å². The summed E-state index contributed by atoms with van der Waals surface area (Å²) < 4.78 is 49.0. The molecule has 0 unspecified atom stereocenters. The number of hydrogen-bond acceptors (Lipinski definition) is 18. The Kier molecular flexibility index (Phi) is 19.9. The molecule has 60 heavy (non-hydrogen) atoms. The van der Waals surface area contributed by atoms with Crippen molar-refractivity contribution in [1.29, 1.82) is 0 Å². The number of carbonyl (C=O) groups is 1. The lowest BCUT2D eigenvalue weighted by Crippen LogP contribution is -2.15. The van der Waals surface area contributed by atoms with Gasteiger partial charge in [0.2, 0.25) is 0 Å². The molecule has 0 saturated carbocycles. The number of benzene rings is 3. The molecule has 4 rings (SSSR count). The summed E-state index contributed by atoms with van der Waals surface area (Å²) in [4.78, 5) is 68.6.